The number of Topliss-reactive ketones (excluding diaryl/α,β-unsaturated/α-hetero) is 1. The highest BCUT2D eigenvalue weighted by molar-refractivity contribution is 9.10. The molecule has 0 aliphatic heterocycles. The van der Waals surface area contributed by atoms with Crippen molar-refractivity contribution >= 4 is 21.7 Å². The first-order valence-corrected chi connectivity index (χ1v) is 6.81. The molecule has 0 fully saturated rings. The molecule has 4 heteroatoms. The second-order valence-electron chi connectivity index (χ2n) is 4.24. The van der Waals surface area contributed by atoms with Crippen LogP contribution in [0.4, 0.5) is 4.39 Å². The van der Waals surface area contributed by atoms with Gasteiger partial charge in [-0.05, 0) is 36.2 Å². The van der Waals surface area contributed by atoms with Crippen LogP contribution in [0.15, 0.2) is 41.0 Å². The Morgan fingerprint density at radius 2 is 2.11 bits per heavy atom. The maximum absolute atomic E-state index is 13.6. The van der Waals surface area contributed by atoms with Crippen molar-refractivity contribution < 1.29 is 9.18 Å². The van der Waals surface area contributed by atoms with Crippen molar-refractivity contribution in [2.45, 2.75) is 19.8 Å². The summed E-state index contributed by atoms with van der Waals surface area (Å²) in [5.74, 6) is -0.770. The molecule has 0 saturated heterocycles. The van der Waals surface area contributed by atoms with Gasteiger partial charge in [0.1, 0.15) is 5.82 Å². The number of hydrogen-bond donors (Lipinski definition) is 0. The van der Waals surface area contributed by atoms with Crippen LogP contribution in [-0.4, -0.2) is 10.8 Å². The summed E-state index contributed by atoms with van der Waals surface area (Å²) in [6, 6.07) is 8.10. The molecule has 1 aromatic carbocycles. The number of pyridine rings is 1. The zero-order valence-corrected chi connectivity index (χ0v) is 12.1. The van der Waals surface area contributed by atoms with Crippen LogP contribution >= 0.6 is 15.9 Å². The van der Waals surface area contributed by atoms with E-state index < -0.39 is 5.82 Å². The van der Waals surface area contributed by atoms with Crippen molar-refractivity contribution in [1.29, 1.82) is 0 Å². The van der Waals surface area contributed by atoms with Gasteiger partial charge in [-0.15, -0.1) is 0 Å². The Balaban J connectivity index is 2.18. The van der Waals surface area contributed by atoms with Crippen LogP contribution in [0.1, 0.15) is 28.5 Å². The van der Waals surface area contributed by atoms with Gasteiger partial charge >= 0.3 is 0 Å². The Hall–Kier alpha value is -1.55. The summed E-state index contributed by atoms with van der Waals surface area (Å²) in [4.78, 5) is 16.3. The van der Waals surface area contributed by atoms with E-state index in [1.165, 1.54) is 12.1 Å². The van der Waals surface area contributed by atoms with Gasteiger partial charge in [0, 0.05) is 16.4 Å². The van der Waals surface area contributed by atoms with Crippen molar-refractivity contribution in [2.75, 3.05) is 0 Å². The fraction of sp³-hybridized carbons (Fsp3) is 0.200. The van der Waals surface area contributed by atoms with Crippen molar-refractivity contribution in [1.82, 2.24) is 4.98 Å². The summed E-state index contributed by atoms with van der Waals surface area (Å²) in [7, 11) is 0. The average molecular weight is 322 g/mol. The van der Waals surface area contributed by atoms with Gasteiger partial charge in [-0.25, -0.2) is 4.39 Å². The number of ketones is 1. The van der Waals surface area contributed by atoms with Gasteiger partial charge in [-0.3, -0.25) is 9.78 Å². The molecular formula is C15H13BrFNO. The lowest BCUT2D eigenvalue weighted by molar-refractivity contribution is 0.0988. The zero-order chi connectivity index (χ0) is 13.8. The molecule has 0 aliphatic rings. The number of hydrogen-bond acceptors (Lipinski definition) is 2. The predicted molar refractivity (Wildman–Crippen MR) is 75.7 cm³/mol. The van der Waals surface area contributed by atoms with Gasteiger partial charge in [0.05, 0.1) is 12.0 Å². The maximum atomic E-state index is 13.6. The number of carbonyl (C=O) groups is 1. The molecule has 0 saturated carbocycles. The van der Waals surface area contributed by atoms with E-state index in [2.05, 4.69) is 20.9 Å². The molecule has 2 rings (SSSR count). The topological polar surface area (TPSA) is 30.0 Å². The van der Waals surface area contributed by atoms with Crippen LogP contribution in [0.25, 0.3) is 0 Å². The molecule has 2 aromatic rings. The first-order chi connectivity index (χ1) is 9.10. The minimum atomic E-state index is -0.502. The molecule has 2 nitrogen and oxygen atoms in total. The van der Waals surface area contributed by atoms with E-state index in [-0.39, 0.29) is 17.8 Å². The third-order valence-electron chi connectivity index (χ3n) is 2.86. The molecule has 0 amide bonds. The van der Waals surface area contributed by atoms with E-state index in [1.54, 1.807) is 12.3 Å². The number of aryl methyl sites for hydroxylation is 1. The molecule has 0 radical (unpaired) electrons. The molecule has 1 heterocycles. The van der Waals surface area contributed by atoms with Crippen molar-refractivity contribution in [3.8, 4) is 0 Å². The van der Waals surface area contributed by atoms with Crippen molar-refractivity contribution in [2.24, 2.45) is 0 Å². The minimum absolute atomic E-state index is 0.0933. The van der Waals surface area contributed by atoms with Gasteiger partial charge in [0.25, 0.3) is 0 Å². The van der Waals surface area contributed by atoms with Gasteiger partial charge in [0.2, 0.25) is 0 Å². The molecule has 98 valence electrons. The number of halogens is 2. The van der Waals surface area contributed by atoms with Crippen LogP contribution in [0, 0.1) is 5.82 Å². The van der Waals surface area contributed by atoms with Crippen LogP contribution in [0.5, 0.6) is 0 Å². The second-order valence-corrected chi connectivity index (χ2v) is 5.15. The molecule has 0 unspecified atom stereocenters. The lowest BCUT2D eigenvalue weighted by atomic mass is 10.1. The van der Waals surface area contributed by atoms with E-state index in [0.29, 0.717) is 10.2 Å². The van der Waals surface area contributed by atoms with Crippen molar-refractivity contribution in [3.63, 3.8) is 0 Å². The number of rotatable bonds is 4. The summed E-state index contributed by atoms with van der Waals surface area (Å²) < 4.78 is 14.3. The number of carbonyl (C=O) groups excluding carboxylic acids is 1. The molecule has 0 spiro atoms. The summed E-state index contributed by atoms with van der Waals surface area (Å²) in [5, 5.41) is 0. The zero-order valence-electron chi connectivity index (χ0n) is 10.5. The normalized spacial score (nSPS) is 10.5. The highest BCUT2D eigenvalue weighted by atomic mass is 79.9. The first-order valence-electron chi connectivity index (χ1n) is 6.02. The Labute approximate surface area is 119 Å². The maximum Gasteiger partial charge on any atom is 0.171 e. The average Bonchev–Trinajstić information content (AvgIpc) is 2.42. The monoisotopic (exact) mass is 321 g/mol. The lowest BCUT2D eigenvalue weighted by Gasteiger charge is -2.04. The molecule has 1 aromatic heterocycles. The van der Waals surface area contributed by atoms with E-state index in [1.807, 2.05) is 19.1 Å². The quantitative estimate of drug-likeness (QED) is 0.797. The van der Waals surface area contributed by atoms with Gasteiger partial charge < -0.3 is 0 Å². The van der Waals surface area contributed by atoms with Crippen molar-refractivity contribution in [3.05, 3.63) is 63.6 Å². The molecule has 0 atom stereocenters. The number of nitrogens with zero attached hydrogens (tertiary/aromatic N) is 1. The second kappa shape index (κ2) is 6.06. The highest BCUT2D eigenvalue weighted by Gasteiger charge is 2.13. The van der Waals surface area contributed by atoms with Crippen LogP contribution < -0.4 is 0 Å². The van der Waals surface area contributed by atoms with E-state index in [9.17, 15) is 9.18 Å². The molecule has 0 N–H and O–H groups in total. The standard InChI is InChI=1S/C15H13BrFNO/c1-2-10-3-5-12(18-9-10)8-15(19)13-7-11(16)4-6-14(13)17/h3-7,9H,2,8H2,1H3. The molecule has 19 heavy (non-hydrogen) atoms. The Kier molecular flexibility index (Phi) is 4.43. The van der Waals surface area contributed by atoms with E-state index in [0.717, 1.165) is 12.0 Å². The minimum Gasteiger partial charge on any atom is -0.294 e. The Bertz CT molecular complexity index is 596. The smallest absolute Gasteiger partial charge is 0.171 e. The fourth-order valence-corrected chi connectivity index (χ4v) is 2.10. The van der Waals surface area contributed by atoms with Crippen LogP contribution in [0.2, 0.25) is 0 Å². The van der Waals surface area contributed by atoms with Gasteiger partial charge in [-0.1, -0.05) is 28.9 Å². The van der Waals surface area contributed by atoms with Crippen LogP contribution in [-0.2, 0) is 12.8 Å². The molecule has 0 bridgehead atoms. The lowest BCUT2D eigenvalue weighted by Crippen LogP contribution is -2.07. The Morgan fingerprint density at radius 3 is 2.74 bits per heavy atom. The fourth-order valence-electron chi connectivity index (χ4n) is 1.74. The predicted octanol–water partition coefficient (Wildman–Crippen LogP) is 3.97. The number of benzene rings is 1. The third kappa shape index (κ3) is 3.47. The van der Waals surface area contributed by atoms with Gasteiger partial charge in [-0.2, -0.15) is 0 Å². The first kappa shape index (κ1) is 13.9. The van der Waals surface area contributed by atoms with Gasteiger partial charge in [0.15, 0.2) is 5.78 Å². The van der Waals surface area contributed by atoms with E-state index in [4.69, 9.17) is 0 Å². The number of aromatic nitrogens is 1. The third-order valence-corrected chi connectivity index (χ3v) is 3.36. The molecule has 0 aliphatic carbocycles. The van der Waals surface area contributed by atoms with Crippen LogP contribution in [0.3, 0.4) is 0 Å². The highest BCUT2D eigenvalue weighted by Crippen LogP contribution is 2.17. The summed E-state index contributed by atoms with van der Waals surface area (Å²) in [6.45, 7) is 2.04. The largest absolute Gasteiger partial charge is 0.294 e. The molecular weight excluding hydrogens is 309 g/mol. The summed E-state index contributed by atoms with van der Waals surface area (Å²) in [6.07, 6.45) is 2.76. The SMILES string of the molecule is CCc1ccc(CC(=O)c2cc(Br)ccc2F)nc1. The summed E-state index contributed by atoms with van der Waals surface area (Å²) in [5.41, 5.74) is 1.86. The van der Waals surface area contributed by atoms with E-state index >= 15 is 0 Å². The Morgan fingerprint density at radius 1 is 1.32 bits per heavy atom. The summed E-state index contributed by atoms with van der Waals surface area (Å²) >= 11 is 3.23.